The number of para-hydroxylation sites is 6. The van der Waals surface area contributed by atoms with Crippen molar-refractivity contribution >= 4 is 149 Å². The predicted octanol–water partition coefficient (Wildman–Crippen LogP) is 32.6. The van der Waals surface area contributed by atoms with E-state index in [-0.39, 0.29) is 11.6 Å². The van der Waals surface area contributed by atoms with Crippen molar-refractivity contribution in [2.75, 3.05) is 4.90 Å². The molecule has 0 aliphatic rings. The quantitative estimate of drug-likeness (QED) is 0.103. The van der Waals surface area contributed by atoms with Crippen molar-refractivity contribution < 1.29 is 8.78 Å². The number of aromatic nitrogens is 7. The molecule has 131 heavy (non-hydrogen) atoms. The maximum atomic E-state index is 14.5. The molecule has 26 aromatic rings. The van der Waals surface area contributed by atoms with Crippen molar-refractivity contribution in [1.82, 2.24) is 31.6 Å². The van der Waals surface area contributed by atoms with Gasteiger partial charge in [0.15, 0.2) is 0 Å². The summed E-state index contributed by atoms with van der Waals surface area (Å²) in [6.07, 6.45) is 0. The number of rotatable bonds is 15. The van der Waals surface area contributed by atoms with Crippen LogP contribution in [0.15, 0.2) is 449 Å². The first kappa shape index (κ1) is 75.2. The summed E-state index contributed by atoms with van der Waals surface area (Å²) in [6, 6.07) is 159. The van der Waals surface area contributed by atoms with Gasteiger partial charge in [0.05, 0.1) is 72.6 Å². The minimum Gasteiger partial charge on any atom is -0.309 e. The van der Waals surface area contributed by atoms with E-state index in [0.717, 1.165) is 200 Å². The Kier molecular flexibility index (Phi) is 17.4. The highest BCUT2D eigenvalue weighted by Gasteiger charge is 2.25. The third kappa shape index (κ3) is 12.4. The largest absolute Gasteiger partial charge is 0.309 e. The number of halogens is 2. The highest BCUT2D eigenvalue weighted by Crippen LogP contribution is 2.47. The lowest BCUT2D eigenvalue weighted by atomic mass is 9.97. The van der Waals surface area contributed by atoms with Gasteiger partial charge in [0.1, 0.15) is 22.7 Å². The SMILES string of the molecule is Fc1ccc(-n2c3ccccc3c3ccc(-c4ccc(N(c5ccc(-c6ccc7c8ccccc8n(-c8ccc(F)cc8)c7c6)cc5)c5ccc(-c6ccc(-n7c8ccc(-c9ccc(-c%10ccc(-n%11c%12ccccc%12c%12ccccc%12%11)cc%10)cc9)cc8c8cc(-c9ccc(-c%10ccc(-n%11c%12ccccc%12c%12ccccc%12%11)cc%10)cc9)ccc87)cc6)c6nsnc56)cc4)cc32)cc1. The van der Waals surface area contributed by atoms with Crippen LogP contribution in [0.2, 0.25) is 0 Å². The van der Waals surface area contributed by atoms with Crippen molar-refractivity contribution in [2.24, 2.45) is 0 Å². The van der Waals surface area contributed by atoms with E-state index in [1.807, 2.05) is 24.3 Å². The van der Waals surface area contributed by atoms with Crippen molar-refractivity contribution in [3.05, 3.63) is 461 Å². The molecule has 0 saturated carbocycles. The number of benzene rings is 20. The molecule has 0 saturated heterocycles. The monoisotopic (exact) mass is 1700 g/mol. The van der Waals surface area contributed by atoms with Gasteiger partial charge in [-0.3, -0.25) is 0 Å². The van der Waals surface area contributed by atoms with E-state index in [0.29, 0.717) is 0 Å². The van der Waals surface area contributed by atoms with Gasteiger partial charge in [-0.2, -0.15) is 8.75 Å². The summed E-state index contributed by atoms with van der Waals surface area (Å²) in [5, 5.41) is 11.8. The molecule has 0 aliphatic carbocycles. The van der Waals surface area contributed by atoms with E-state index in [1.165, 1.54) is 79.6 Å². The van der Waals surface area contributed by atoms with Crippen LogP contribution in [0.4, 0.5) is 25.8 Å². The minimum atomic E-state index is -0.276. The van der Waals surface area contributed by atoms with Crippen LogP contribution in [0.5, 0.6) is 0 Å². The lowest BCUT2D eigenvalue weighted by Crippen LogP contribution is -2.10. The first-order chi connectivity index (χ1) is 64.7. The van der Waals surface area contributed by atoms with Crippen molar-refractivity contribution in [3.63, 3.8) is 0 Å². The van der Waals surface area contributed by atoms with Crippen LogP contribution in [-0.2, 0) is 0 Å². The number of fused-ring (bicyclic) bond motifs is 16. The Bertz CT molecular complexity index is 8480. The Labute approximate surface area is 755 Å². The van der Waals surface area contributed by atoms with E-state index in [2.05, 4.69) is 428 Å². The van der Waals surface area contributed by atoms with Gasteiger partial charge in [-0.05, 0) is 266 Å². The topological polar surface area (TPSA) is 53.7 Å². The first-order valence-corrected chi connectivity index (χ1v) is 44.9. The molecule has 26 rings (SSSR count). The zero-order valence-electron chi connectivity index (χ0n) is 70.5. The van der Waals surface area contributed by atoms with Crippen molar-refractivity contribution in [3.8, 4) is 106 Å². The second-order valence-corrected chi connectivity index (χ2v) is 34.5. The van der Waals surface area contributed by atoms with Gasteiger partial charge in [0.25, 0.3) is 0 Å². The van der Waals surface area contributed by atoms with Crippen LogP contribution in [0.3, 0.4) is 0 Å². The van der Waals surface area contributed by atoms with Crippen LogP contribution in [-0.4, -0.2) is 31.6 Å². The van der Waals surface area contributed by atoms with Gasteiger partial charge in [-0.1, -0.05) is 255 Å². The normalized spacial score (nSPS) is 11.9. The van der Waals surface area contributed by atoms with Gasteiger partial charge < -0.3 is 27.7 Å². The Hall–Kier alpha value is -17.1. The number of hydrogen-bond donors (Lipinski definition) is 0. The van der Waals surface area contributed by atoms with Crippen LogP contribution >= 0.6 is 11.7 Å². The van der Waals surface area contributed by atoms with E-state index in [1.54, 1.807) is 0 Å². The second kappa shape index (κ2) is 30.3. The summed E-state index contributed by atoms with van der Waals surface area (Å²) in [7, 11) is 0. The third-order valence-corrected chi connectivity index (χ3v) is 27.3. The summed E-state index contributed by atoms with van der Waals surface area (Å²) in [4.78, 5) is 2.29. The molecule has 6 heterocycles. The van der Waals surface area contributed by atoms with Gasteiger partial charge in [0, 0.05) is 99.2 Å². The molecule has 0 atom stereocenters. The van der Waals surface area contributed by atoms with Gasteiger partial charge >= 0.3 is 0 Å². The van der Waals surface area contributed by atoms with Crippen molar-refractivity contribution in [1.29, 1.82) is 0 Å². The lowest BCUT2D eigenvalue weighted by molar-refractivity contribution is 0.627. The molecule has 6 aromatic heterocycles. The third-order valence-electron chi connectivity index (χ3n) is 26.8. The fraction of sp³-hybridized carbons (Fsp3) is 0. The zero-order chi connectivity index (χ0) is 86.5. The molecule has 0 radical (unpaired) electrons. The molecule has 20 aromatic carbocycles. The highest BCUT2D eigenvalue weighted by molar-refractivity contribution is 7.00. The predicted molar refractivity (Wildman–Crippen MR) is 542 cm³/mol. The van der Waals surface area contributed by atoms with Gasteiger partial charge in [0.2, 0.25) is 0 Å². The Morgan fingerprint density at radius 1 is 0.183 bits per heavy atom. The van der Waals surface area contributed by atoms with Crippen LogP contribution in [0.1, 0.15) is 0 Å². The van der Waals surface area contributed by atoms with E-state index < -0.39 is 0 Å². The number of hydrogen-bond acceptors (Lipinski definition) is 4. The molecule has 614 valence electrons. The average molecular weight is 1700 g/mol. The summed E-state index contributed by atoms with van der Waals surface area (Å²) >= 11 is 1.22. The maximum Gasteiger partial charge on any atom is 0.129 e. The molecule has 0 aliphatic heterocycles. The zero-order valence-corrected chi connectivity index (χ0v) is 71.3. The molecule has 11 heteroatoms. The van der Waals surface area contributed by atoms with Gasteiger partial charge in [-0.15, -0.1) is 0 Å². The molecule has 0 N–H and O–H groups in total. The van der Waals surface area contributed by atoms with Crippen LogP contribution in [0.25, 0.3) is 226 Å². The second-order valence-electron chi connectivity index (χ2n) is 34.0. The molecule has 0 unspecified atom stereocenters. The highest BCUT2D eigenvalue weighted by atomic mass is 32.1. The summed E-state index contributed by atoms with van der Waals surface area (Å²) in [6.45, 7) is 0. The van der Waals surface area contributed by atoms with E-state index in [9.17, 15) is 8.78 Å². The first-order valence-electron chi connectivity index (χ1n) is 44.2. The molecule has 0 fully saturated rings. The molecule has 0 spiro atoms. The fourth-order valence-corrected chi connectivity index (χ4v) is 21.1. The molecular formula is C120H74F2N8S. The average Bonchev–Trinajstić information content (AvgIpc) is 1.62. The molecular weight excluding hydrogens is 1620 g/mol. The van der Waals surface area contributed by atoms with Crippen LogP contribution < -0.4 is 4.90 Å². The maximum absolute atomic E-state index is 14.5. The number of anilines is 3. The molecule has 8 nitrogen and oxygen atoms in total. The molecule has 0 bridgehead atoms. The summed E-state index contributed by atoms with van der Waals surface area (Å²) < 4.78 is 50.9. The minimum absolute atomic E-state index is 0.276. The fourth-order valence-electron chi connectivity index (χ4n) is 20.5. The summed E-state index contributed by atoms with van der Waals surface area (Å²) in [5.41, 5.74) is 35.8. The van der Waals surface area contributed by atoms with Crippen molar-refractivity contribution in [2.45, 2.75) is 0 Å². The Morgan fingerprint density at radius 2 is 0.420 bits per heavy atom. The lowest BCUT2D eigenvalue weighted by Gasteiger charge is -2.26. The van der Waals surface area contributed by atoms with Crippen LogP contribution in [0, 0.1) is 11.6 Å². The van der Waals surface area contributed by atoms with E-state index in [4.69, 9.17) is 8.75 Å². The number of nitrogens with zero attached hydrogens (tertiary/aromatic N) is 8. The smallest absolute Gasteiger partial charge is 0.129 e. The standard InChI is InChI=1S/C120H74F2N8S/c121-88-47-61-95(62-48-88)129-112-23-11-5-17-102(112)104-65-43-86(73-117(104)129)81-37-51-90(52-38-81)125(91-53-39-82(40-54-91)87-44-66-105-103-18-6-12-24-113(103)130(118(105)74-87)96-63-49-89(122)50-64-96)116-70-67-97(119-120(116)124-131-123-119)83-41-59-94(60-42-83)128-114-68-45-84(79-29-25-75(26-30-79)77-33-55-92(56-34-77)126-108-19-7-1-13-98(108)99-14-2-8-20-109(99)126)71-106(114)107-72-85(46-69-115(107)128)80-31-27-76(28-32-80)78-35-57-93(58-36-78)127-110-21-9-3-15-100(110)101-16-4-10-22-111(101)127/h1-74H. The van der Waals surface area contributed by atoms with E-state index >= 15 is 0 Å². The Balaban J connectivity index is 0.554. The summed E-state index contributed by atoms with van der Waals surface area (Å²) in [5.74, 6) is -0.553. The molecule has 0 amide bonds. The Morgan fingerprint density at radius 3 is 0.756 bits per heavy atom. The van der Waals surface area contributed by atoms with Gasteiger partial charge in [-0.25, -0.2) is 8.78 Å².